The maximum absolute atomic E-state index is 6.25. The van der Waals surface area contributed by atoms with Crippen LogP contribution in [0.2, 0.25) is 0 Å². The minimum absolute atomic E-state index is 0.00199. The molecule has 1 N–H and O–H groups in total. The number of unbranched alkanes of at least 4 members (excludes halogenated alkanes) is 1. The smallest absolute Gasteiger partial charge is 0.0811 e. The third-order valence-corrected chi connectivity index (χ3v) is 3.12. The Bertz CT molecular complexity index is 179. The first kappa shape index (κ1) is 12.0. The van der Waals surface area contributed by atoms with E-state index in [1.165, 1.54) is 19.3 Å². The standard InChI is InChI=1S/C12H25NO/c1-5-7-8-12(6-2)10-13-9-11(3,4)14-12/h13H,5-10H2,1-4H3. The van der Waals surface area contributed by atoms with E-state index in [1.54, 1.807) is 0 Å². The van der Waals surface area contributed by atoms with E-state index >= 15 is 0 Å². The second-order valence-electron chi connectivity index (χ2n) is 5.11. The van der Waals surface area contributed by atoms with Crippen LogP contribution in [0.15, 0.2) is 0 Å². The molecule has 1 aliphatic heterocycles. The molecule has 1 unspecified atom stereocenters. The van der Waals surface area contributed by atoms with E-state index in [9.17, 15) is 0 Å². The van der Waals surface area contributed by atoms with Crippen molar-refractivity contribution < 1.29 is 4.74 Å². The summed E-state index contributed by atoms with van der Waals surface area (Å²) in [5.41, 5.74) is 0.0970. The fraction of sp³-hybridized carbons (Fsp3) is 1.00. The zero-order valence-electron chi connectivity index (χ0n) is 10.2. The van der Waals surface area contributed by atoms with E-state index in [0.717, 1.165) is 19.5 Å². The lowest BCUT2D eigenvalue weighted by Gasteiger charge is -2.45. The number of nitrogens with one attached hydrogen (secondary N) is 1. The molecule has 0 bridgehead atoms. The monoisotopic (exact) mass is 199 g/mol. The van der Waals surface area contributed by atoms with E-state index < -0.39 is 0 Å². The van der Waals surface area contributed by atoms with Crippen molar-refractivity contribution in [2.75, 3.05) is 13.1 Å². The van der Waals surface area contributed by atoms with Crippen LogP contribution in [0.4, 0.5) is 0 Å². The van der Waals surface area contributed by atoms with Crippen LogP contribution in [0.25, 0.3) is 0 Å². The van der Waals surface area contributed by atoms with Crippen molar-refractivity contribution in [3.63, 3.8) is 0 Å². The lowest BCUT2D eigenvalue weighted by atomic mass is 9.89. The summed E-state index contributed by atoms with van der Waals surface area (Å²) in [6, 6.07) is 0. The van der Waals surface area contributed by atoms with Crippen molar-refractivity contribution in [3.05, 3.63) is 0 Å². The van der Waals surface area contributed by atoms with Crippen LogP contribution in [0.1, 0.15) is 53.4 Å². The third kappa shape index (κ3) is 2.96. The molecule has 2 heteroatoms. The van der Waals surface area contributed by atoms with Gasteiger partial charge in [-0.05, 0) is 26.7 Å². The molecule has 0 saturated carbocycles. The van der Waals surface area contributed by atoms with Gasteiger partial charge in [0.05, 0.1) is 11.2 Å². The summed E-state index contributed by atoms with van der Waals surface area (Å²) in [5, 5.41) is 3.50. The SMILES string of the molecule is CCCCC1(CC)CNCC(C)(C)O1. The van der Waals surface area contributed by atoms with Crippen molar-refractivity contribution in [2.24, 2.45) is 0 Å². The van der Waals surface area contributed by atoms with Gasteiger partial charge in [0, 0.05) is 13.1 Å². The van der Waals surface area contributed by atoms with Crippen LogP contribution in [0.3, 0.4) is 0 Å². The molecule has 84 valence electrons. The first-order valence-electron chi connectivity index (χ1n) is 5.94. The summed E-state index contributed by atoms with van der Waals surface area (Å²) in [5.74, 6) is 0. The van der Waals surface area contributed by atoms with Gasteiger partial charge in [-0.15, -0.1) is 0 Å². The van der Waals surface area contributed by atoms with Crippen molar-refractivity contribution >= 4 is 0 Å². The molecule has 14 heavy (non-hydrogen) atoms. The Labute approximate surface area is 88.4 Å². The van der Waals surface area contributed by atoms with Gasteiger partial charge < -0.3 is 10.1 Å². The lowest BCUT2D eigenvalue weighted by Crippen LogP contribution is -2.57. The van der Waals surface area contributed by atoms with Crippen LogP contribution < -0.4 is 5.32 Å². The Hall–Kier alpha value is -0.0800. The summed E-state index contributed by atoms with van der Waals surface area (Å²) < 4.78 is 6.25. The summed E-state index contributed by atoms with van der Waals surface area (Å²) in [7, 11) is 0. The third-order valence-electron chi connectivity index (χ3n) is 3.12. The number of ether oxygens (including phenoxy) is 1. The van der Waals surface area contributed by atoms with Crippen LogP contribution in [0.5, 0.6) is 0 Å². The predicted octanol–water partition coefficient (Wildman–Crippen LogP) is 2.72. The van der Waals surface area contributed by atoms with E-state index in [1.807, 2.05) is 0 Å². The lowest BCUT2D eigenvalue weighted by molar-refractivity contribution is -0.167. The van der Waals surface area contributed by atoms with Gasteiger partial charge in [0.25, 0.3) is 0 Å². The van der Waals surface area contributed by atoms with Gasteiger partial charge in [-0.2, -0.15) is 0 Å². The van der Waals surface area contributed by atoms with Crippen molar-refractivity contribution in [3.8, 4) is 0 Å². The maximum Gasteiger partial charge on any atom is 0.0811 e. The molecule has 0 aromatic carbocycles. The van der Waals surface area contributed by atoms with Crippen LogP contribution >= 0.6 is 0 Å². The van der Waals surface area contributed by atoms with E-state index in [4.69, 9.17) is 4.74 Å². The van der Waals surface area contributed by atoms with Gasteiger partial charge in [-0.3, -0.25) is 0 Å². The molecule has 1 fully saturated rings. The second-order valence-corrected chi connectivity index (χ2v) is 5.11. The van der Waals surface area contributed by atoms with E-state index in [0.29, 0.717) is 0 Å². The van der Waals surface area contributed by atoms with E-state index in [2.05, 4.69) is 33.0 Å². The summed E-state index contributed by atoms with van der Waals surface area (Å²) in [6.45, 7) is 10.8. The molecule has 0 aliphatic carbocycles. The molecule has 1 atom stereocenters. The molecular formula is C12H25NO. The fourth-order valence-corrected chi connectivity index (χ4v) is 2.26. The van der Waals surface area contributed by atoms with Crippen LogP contribution in [-0.2, 0) is 4.74 Å². The van der Waals surface area contributed by atoms with Crippen LogP contribution in [-0.4, -0.2) is 24.3 Å². The first-order chi connectivity index (χ1) is 6.54. The molecular weight excluding hydrogens is 174 g/mol. The highest BCUT2D eigenvalue weighted by molar-refractivity contribution is 4.91. The van der Waals surface area contributed by atoms with E-state index in [-0.39, 0.29) is 11.2 Å². The fourth-order valence-electron chi connectivity index (χ4n) is 2.26. The molecule has 0 spiro atoms. The first-order valence-corrected chi connectivity index (χ1v) is 5.94. The zero-order chi connectivity index (χ0) is 10.7. The Balaban J connectivity index is 2.58. The normalized spacial score (nSPS) is 31.7. The summed E-state index contributed by atoms with van der Waals surface area (Å²) >= 11 is 0. The Morgan fingerprint density at radius 1 is 1.21 bits per heavy atom. The minimum atomic E-state index is 0.00199. The molecule has 2 nitrogen and oxygen atoms in total. The highest BCUT2D eigenvalue weighted by Crippen LogP contribution is 2.31. The second kappa shape index (κ2) is 4.63. The average Bonchev–Trinajstić information content (AvgIpc) is 2.13. The topological polar surface area (TPSA) is 21.3 Å². The number of rotatable bonds is 4. The Kier molecular flexibility index (Phi) is 3.96. The predicted molar refractivity (Wildman–Crippen MR) is 60.6 cm³/mol. The molecule has 0 radical (unpaired) electrons. The molecule has 1 heterocycles. The number of hydrogen-bond donors (Lipinski definition) is 1. The highest BCUT2D eigenvalue weighted by atomic mass is 16.5. The molecule has 1 saturated heterocycles. The van der Waals surface area contributed by atoms with Gasteiger partial charge in [-0.25, -0.2) is 0 Å². The Morgan fingerprint density at radius 3 is 2.43 bits per heavy atom. The molecule has 0 amide bonds. The number of morpholine rings is 1. The largest absolute Gasteiger partial charge is 0.366 e. The van der Waals surface area contributed by atoms with Gasteiger partial charge in [-0.1, -0.05) is 26.7 Å². The van der Waals surface area contributed by atoms with Gasteiger partial charge >= 0.3 is 0 Å². The Morgan fingerprint density at radius 2 is 1.93 bits per heavy atom. The summed E-state index contributed by atoms with van der Waals surface area (Å²) in [4.78, 5) is 0. The van der Waals surface area contributed by atoms with Gasteiger partial charge in [0.15, 0.2) is 0 Å². The van der Waals surface area contributed by atoms with Gasteiger partial charge in [0.1, 0.15) is 0 Å². The van der Waals surface area contributed by atoms with Crippen molar-refractivity contribution in [1.29, 1.82) is 0 Å². The quantitative estimate of drug-likeness (QED) is 0.751. The van der Waals surface area contributed by atoms with Crippen LogP contribution in [0, 0.1) is 0 Å². The molecule has 1 aliphatic rings. The molecule has 0 aromatic heterocycles. The van der Waals surface area contributed by atoms with Crippen molar-refractivity contribution in [2.45, 2.75) is 64.6 Å². The minimum Gasteiger partial charge on any atom is -0.366 e. The summed E-state index contributed by atoms with van der Waals surface area (Å²) in [6.07, 6.45) is 4.83. The maximum atomic E-state index is 6.25. The average molecular weight is 199 g/mol. The number of hydrogen-bond acceptors (Lipinski definition) is 2. The zero-order valence-corrected chi connectivity index (χ0v) is 10.2. The molecule has 0 aromatic rings. The van der Waals surface area contributed by atoms with Gasteiger partial charge in [0.2, 0.25) is 0 Å². The van der Waals surface area contributed by atoms with Crippen molar-refractivity contribution in [1.82, 2.24) is 5.32 Å². The molecule has 1 rings (SSSR count). The highest BCUT2D eigenvalue weighted by Gasteiger charge is 2.38.